The molecule has 0 spiro atoms. The minimum absolute atomic E-state index is 0.0260. The van der Waals surface area contributed by atoms with Crippen LogP contribution in [0.4, 0.5) is 0 Å². The lowest BCUT2D eigenvalue weighted by Gasteiger charge is -2.31. The number of hydrogen-bond acceptors (Lipinski definition) is 7. The molecule has 0 radical (unpaired) electrons. The standard InChI is InChI=1S/C20H26Cl2N2O7S2/c1-2-24(15-8-11-32(27,28)13-15)18(25)12-31-20(26)14-6-9-23(10-7-14)33(29,30)19-16(21)4-3-5-17(19)22/h3-5,14-15H,2,6-13H2,1H3/t15-/m0/s1. The predicted octanol–water partition coefficient (Wildman–Crippen LogP) is 1.97. The number of carbonyl (C=O) groups excluding carboxylic acids is 2. The number of sulfone groups is 1. The first-order valence-corrected chi connectivity index (χ1v) is 14.6. The fourth-order valence-electron chi connectivity index (χ4n) is 4.18. The van der Waals surface area contributed by atoms with Gasteiger partial charge in [0.2, 0.25) is 10.0 Å². The summed E-state index contributed by atoms with van der Waals surface area (Å²) >= 11 is 12.1. The maximum Gasteiger partial charge on any atom is 0.309 e. The van der Waals surface area contributed by atoms with E-state index in [1.54, 1.807) is 13.0 Å². The molecule has 1 aromatic rings. The normalized spacial score (nSPS) is 21.6. The summed E-state index contributed by atoms with van der Waals surface area (Å²) in [6.45, 7) is 1.75. The van der Waals surface area contributed by atoms with Crippen LogP contribution < -0.4 is 0 Å². The largest absolute Gasteiger partial charge is 0.455 e. The first-order chi connectivity index (χ1) is 15.5. The van der Waals surface area contributed by atoms with E-state index in [0.29, 0.717) is 13.0 Å². The number of halogens is 2. The van der Waals surface area contributed by atoms with Gasteiger partial charge in [0.05, 0.1) is 27.5 Å². The number of hydrogen-bond donors (Lipinski definition) is 0. The van der Waals surface area contributed by atoms with Gasteiger partial charge in [-0.25, -0.2) is 16.8 Å². The fraction of sp³-hybridized carbons (Fsp3) is 0.600. The summed E-state index contributed by atoms with van der Waals surface area (Å²) in [5.74, 6) is -1.61. The molecule has 2 aliphatic rings. The number of rotatable bonds is 7. The highest BCUT2D eigenvalue weighted by molar-refractivity contribution is 7.91. The van der Waals surface area contributed by atoms with Crippen LogP contribution in [0.1, 0.15) is 26.2 Å². The van der Waals surface area contributed by atoms with Crippen LogP contribution in [0.3, 0.4) is 0 Å². The number of sulfonamides is 1. The molecular formula is C20H26Cl2N2O7S2. The Bertz CT molecular complexity index is 1100. The van der Waals surface area contributed by atoms with Crippen molar-refractivity contribution in [3.63, 3.8) is 0 Å². The number of likely N-dealkylation sites (N-methyl/N-ethyl adjacent to an activating group) is 1. The molecule has 2 heterocycles. The van der Waals surface area contributed by atoms with E-state index in [0.717, 1.165) is 0 Å². The lowest BCUT2D eigenvalue weighted by Crippen LogP contribution is -2.44. The highest BCUT2D eigenvalue weighted by Crippen LogP contribution is 2.33. The van der Waals surface area contributed by atoms with E-state index >= 15 is 0 Å². The van der Waals surface area contributed by atoms with E-state index in [1.807, 2.05) is 0 Å². The van der Waals surface area contributed by atoms with Gasteiger partial charge in [-0.05, 0) is 38.3 Å². The van der Waals surface area contributed by atoms with Crippen LogP contribution in [-0.4, -0.2) is 81.7 Å². The van der Waals surface area contributed by atoms with Gasteiger partial charge in [-0.1, -0.05) is 29.3 Å². The minimum atomic E-state index is -3.92. The molecule has 1 aromatic carbocycles. The summed E-state index contributed by atoms with van der Waals surface area (Å²) in [5, 5.41) is 0.0520. The number of carbonyl (C=O) groups is 2. The van der Waals surface area contributed by atoms with Crippen molar-refractivity contribution >= 4 is 54.9 Å². The second kappa shape index (κ2) is 10.5. The zero-order valence-electron chi connectivity index (χ0n) is 18.1. The van der Waals surface area contributed by atoms with Crippen molar-refractivity contribution < 1.29 is 31.2 Å². The second-order valence-corrected chi connectivity index (χ2v) is 13.0. The maximum absolute atomic E-state index is 12.9. The Kier molecular flexibility index (Phi) is 8.32. The third-order valence-corrected chi connectivity index (χ3v) is 10.6. The van der Waals surface area contributed by atoms with E-state index in [-0.39, 0.29) is 52.4 Å². The Morgan fingerprint density at radius 1 is 1.15 bits per heavy atom. The smallest absolute Gasteiger partial charge is 0.309 e. The zero-order chi connectivity index (χ0) is 24.4. The maximum atomic E-state index is 12.9. The molecule has 0 aliphatic carbocycles. The van der Waals surface area contributed by atoms with Crippen LogP contribution in [0.5, 0.6) is 0 Å². The number of benzene rings is 1. The van der Waals surface area contributed by atoms with E-state index < -0.39 is 50.3 Å². The Balaban J connectivity index is 1.54. The van der Waals surface area contributed by atoms with Gasteiger partial charge in [-0.3, -0.25) is 9.59 Å². The van der Waals surface area contributed by atoms with Gasteiger partial charge in [0.1, 0.15) is 4.90 Å². The predicted molar refractivity (Wildman–Crippen MR) is 123 cm³/mol. The van der Waals surface area contributed by atoms with Crippen molar-refractivity contribution in [1.82, 2.24) is 9.21 Å². The quantitative estimate of drug-likeness (QED) is 0.485. The first kappa shape index (κ1) is 26.2. The molecule has 2 fully saturated rings. The monoisotopic (exact) mass is 540 g/mol. The van der Waals surface area contributed by atoms with Gasteiger partial charge < -0.3 is 9.64 Å². The van der Waals surface area contributed by atoms with Crippen molar-refractivity contribution in [2.45, 2.75) is 37.1 Å². The van der Waals surface area contributed by atoms with E-state index in [1.165, 1.54) is 21.3 Å². The van der Waals surface area contributed by atoms with Crippen LogP contribution in [-0.2, 0) is 34.2 Å². The number of ether oxygens (including phenoxy) is 1. The summed E-state index contributed by atoms with van der Waals surface area (Å²) in [5.41, 5.74) is 0. The third-order valence-electron chi connectivity index (χ3n) is 5.95. The molecule has 0 aromatic heterocycles. The topological polar surface area (TPSA) is 118 Å². The number of piperidine rings is 1. The molecule has 2 saturated heterocycles. The average Bonchev–Trinajstić information content (AvgIpc) is 3.11. The summed E-state index contributed by atoms with van der Waals surface area (Å²) in [6, 6.07) is 4.04. The molecule has 2 aliphatic heterocycles. The van der Waals surface area contributed by atoms with Gasteiger partial charge in [0, 0.05) is 25.7 Å². The molecule has 3 rings (SSSR count). The molecule has 9 nitrogen and oxygen atoms in total. The lowest BCUT2D eigenvalue weighted by atomic mass is 9.98. The summed E-state index contributed by atoms with van der Waals surface area (Å²) < 4.78 is 55.7. The van der Waals surface area contributed by atoms with E-state index in [2.05, 4.69) is 0 Å². The van der Waals surface area contributed by atoms with Gasteiger partial charge in [0.15, 0.2) is 16.4 Å². The average molecular weight is 541 g/mol. The second-order valence-electron chi connectivity index (χ2n) is 8.07. The highest BCUT2D eigenvalue weighted by atomic mass is 35.5. The van der Waals surface area contributed by atoms with Gasteiger partial charge in [0.25, 0.3) is 5.91 Å². The molecule has 13 heteroatoms. The summed E-state index contributed by atoms with van der Waals surface area (Å²) in [4.78, 5) is 26.3. The summed E-state index contributed by atoms with van der Waals surface area (Å²) in [7, 11) is -7.07. The molecule has 0 saturated carbocycles. The van der Waals surface area contributed by atoms with Crippen molar-refractivity contribution in [3.8, 4) is 0 Å². The van der Waals surface area contributed by atoms with E-state index in [9.17, 15) is 26.4 Å². The Labute approximate surface area is 203 Å². The molecule has 0 N–H and O–H groups in total. The molecule has 184 valence electrons. The number of amides is 1. The Morgan fingerprint density at radius 3 is 2.27 bits per heavy atom. The number of esters is 1. The third kappa shape index (κ3) is 6.00. The molecule has 1 amide bonds. The van der Waals surface area contributed by atoms with Crippen LogP contribution in [0, 0.1) is 5.92 Å². The van der Waals surface area contributed by atoms with Crippen LogP contribution >= 0.6 is 23.2 Å². The van der Waals surface area contributed by atoms with Crippen molar-refractivity contribution in [2.75, 3.05) is 37.7 Å². The van der Waals surface area contributed by atoms with Crippen LogP contribution in [0.15, 0.2) is 23.1 Å². The number of nitrogens with zero attached hydrogens (tertiary/aromatic N) is 2. The molecule has 0 bridgehead atoms. The van der Waals surface area contributed by atoms with Crippen molar-refractivity contribution in [2.24, 2.45) is 5.92 Å². The Hall–Kier alpha value is -1.40. The SMILES string of the molecule is CCN(C(=O)COC(=O)C1CCN(S(=O)(=O)c2c(Cl)cccc2Cl)CC1)[C@H]1CCS(=O)(=O)C1. The molecular weight excluding hydrogens is 515 g/mol. The first-order valence-electron chi connectivity index (χ1n) is 10.6. The summed E-state index contributed by atoms with van der Waals surface area (Å²) in [6.07, 6.45) is 0.831. The molecule has 0 unspecified atom stereocenters. The minimum Gasteiger partial charge on any atom is -0.455 e. The molecule has 1 atom stereocenters. The van der Waals surface area contributed by atoms with Crippen molar-refractivity contribution in [1.29, 1.82) is 0 Å². The van der Waals surface area contributed by atoms with E-state index in [4.69, 9.17) is 27.9 Å². The Morgan fingerprint density at radius 2 is 1.76 bits per heavy atom. The van der Waals surface area contributed by atoms with Gasteiger partial charge in [-0.15, -0.1) is 0 Å². The van der Waals surface area contributed by atoms with Crippen LogP contribution in [0.2, 0.25) is 10.0 Å². The van der Waals surface area contributed by atoms with Gasteiger partial charge >= 0.3 is 5.97 Å². The van der Waals surface area contributed by atoms with Crippen molar-refractivity contribution in [3.05, 3.63) is 28.2 Å². The fourth-order valence-corrected chi connectivity index (χ4v) is 8.47. The zero-order valence-corrected chi connectivity index (χ0v) is 21.2. The highest BCUT2D eigenvalue weighted by Gasteiger charge is 2.36. The molecule has 33 heavy (non-hydrogen) atoms. The van der Waals surface area contributed by atoms with Crippen LogP contribution in [0.25, 0.3) is 0 Å². The lowest BCUT2D eigenvalue weighted by molar-refractivity contribution is -0.157. The van der Waals surface area contributed by atoms with Gasteiger partial charge in [-0.2, -0.15) is 4.31 Å².